The molecule has 0 fully saturated rings. The molecule has 32 heavy (non-hydrogen) atoms. The minimum atomic E-state index is -0.837. The average molecular weight is 471 g/mol. The molecule has 0 saturated carbocycles. The number of carbonyl (C=O) groups excluding carboxylic acids is 1. The molecule has 0 saturated heterocycles. The predicted octanol–water partition coefficient (Wildman–Crippen LogP) is 9.78. The van der Waals surface area contributed by atoms with E-state index >= 15 is 0 Å². The van der Waals surface area contributed by atoms with Gasteiger partial charge in [0.2, 0.25) is 5.24 Å². The van der Waals surface area contributed by atoms with Crippen molar-refractivity contribution in [2.45, 2.75) is 142 Å². The molecular formula is C28H51ClO3. The number of halogens is 1. The molecule has 0 aliphatic heterocycles. The summed E-state index contributed by atoms with van der Waals surface area (Å²) in [5, 5.41) is 8.01. The standard InChI is InChI=1S/C14H25ClO.C14H26O2/c2*1-2-3-4-5-6-7-8-9-10-11-12-13-14(15)16/h12-13H,2-11H2,1H3;12-13H,2-11H2,1H3,(H,15,16)/b2*13-12+. The SMILES string of the molecule is CCCCCCCCCCC/C=C/C(=O)Cl.CCCCCCCCCCC/C=C/C(=O)O. The molecule has 1 N–H and O–H groups in total. The fourth-order valence-electron chi connectivity index (χ4n) is 3.51. The summed E-state index contributed by atoms with van der Waals surface area (Å²) in [4.78, 5) is 20.6. The fraction of sp³-hybridized carbons (Fsp3) is 0.786. The lowest BCUT2D eigenvalue weighted by Gasteiger charge is -2.00. The average Bonchev–Trinajstić information content (AvgIpc) is 2.76. The molecule has 0 aromatic rings. The van der Waals surface area contributed by atoms with Crippen molar-refractivity contribution >= 4 is 22.8 Å². The third-order valence-electron chi connectivity index (χ3n) is 5.46. The number of rotatable bonds is 22. The molecule has 0 unspecified atom stereocenters. The van der Waals surface area contributed by atoms with E-state index in [1.54, 1.807) is 6.08 Å². The molecule has 0 amide bonds. The van der Waals surface area contributed by atoms with Gasteiger partial charge in [0, 0.05) is 6.08 Å². The molecule has 0 aliphatic rings. The van der Waals surface area contributed by atoms with Gasteiger partial charge in [-0.05, 0) is 43.4 Å². The van der Waals surface area contributed by atoms with E-state index in [9.17, 15) is 9.59 Å². The van der Waals surface area contributed by atoms with Gasteiger partial charge in [0.15, 0.2) is 0 Å². The summed E-state index contributed by atoms with van der Waals surface area (Å²) in [5.41, 5.74) is 0. The number of carbonyl (C=O) groups is 2. The monoisotopic (exact) mass is 470 g/mol. The molecule has 0 rings (SSSR count). The Bertz CT molecular complexity index is 416. The van der Waals surface area contributed by atoms with Gasteiger partial charge in [-0.25, -0.2) is 4.79 Å². The summed E-state index contributed by atoms with van der Waals surface area (Å²) < 4.78 is 0. The number of unbranched alkanes of at least 4 members (excludes halogenated alkanes) is 18. The van der Waals surface area contributed by atoms with Crippen LogP contribution in [0.15, 0.2) is 24.3 Å². The minimum absolute atomic E-state index is 0.365. The summed E-state index contributed by atoms with van der Waals surface area (Å²) >= 11 is 5.18. The second kappa shape index (κ2) is 29.9. The van der Waals surface area contributed by atoms with Crippen molar-refractivity contribution in [3.05, 3.63) is 24.3 Å². The smallest absolute Gasteiger partial charge is 0.327 e. The Balaban J connectivity index is 0. The Kier molecular flexibility index (Phi) is 30.9. The quantitative estimate of drug-likeness (QED) is 0.0972. The third kappa shape index (κ3) is 36.3. The highest BCUT2D eigenvalue weighted by Gasteiger charge is 1.92. The van der Waals surface area contributed by atoms with Crippen molar-refractivity contribution in [2.24, 2.45) is 0 Å². The maximum atomic E-state index is 10.4. The van der Waals surface area contributed by atoms with Crippen LogP contribution in [-0.4, -0.2) is 16.3 Å². The van der Waals surface area contributed by atoms with Crippen LogP contribution in [0.5, 0.6) is 0 Å². The normalized spacial score (nSPS) is 11.1. The third-order valence-corrected chi connectivity index (χ3v) is 5.58. The number of hydrogen-bond acceptors (Lipinski definition) is 2. The van der Waals surface area contributed by atoms with E-state index in [0.717, 1.165) is 19.3 Å². The number of hydrogen-bond donors (Lipinski definition) is 1. The molecule has 0 heterocycles. The first-order valence-electron chi connectivity index (χ1n) is 13.3. The summed E-state index contributed by atoms with van der Waals surface area (Å²) in [5.74, 6) is -0.837. The zero-order valence-corrected chi connectivity index (χ0v) is 21.8. The predicted molar refractivity (Wildman–Crippen MR) is 140 cm³/mol. The second-order valence-electron chi connectivity index (χ2n) is 8.68. The first kappa shape index (κ1) is 33.1. The maximum absolute atomic E-state index is 10.4. The maximum Gasteiger partial charge on any atom is 0.327 e. The Morgan fingerprint density at radius 3 is 1.19 bits per heavy atom. The molecule has 4 heteroatoms. The summed E-state index contributed by atoms with van der Waals surface area (Å²) in [6.45, 7) is 4.49. The van der Waals surface area contributed by atoms with E-state index in [-0.39, 0.29) is 5.24 Å². The van der Waals surface area contributed by atoms with E-state index in [0.29, 0.717) is 0 Å². The first-order chi connectivity index (χ1) is 15.5. The van der Waals surface area contributed by atoms with Crippen LogP contribution in [0.3, 0.4) is 0 Å². The minimum Gasteiger partial charge on any atom is -0.478 e. The van der Waals surface area contributed by atoms with Gasteiger partial charge in [-0.15, -0.1) is 0 Å². The van der Waals surface area contributed by atoms with E-state index in [2.05, 4.69) is 13.8 Å². The molecule has 0 aliphatic carbocycles. The van der Waals surface area contributed by atoms with Crippen LogP contribution in [-0.2, 0) is 9.59 Å². The van der Waals surface area contributed by atoms with Crippen LogP contribution in [0, 0.1) is 0 Å². The lowest BCUT2D eigenvalue weighted by Crippen LogP contribution is -1.85. The van der Waals surface area contributed by atoms with Gasteiger partial charge >= 0.3 is 5.97 Å². The largest absolute Gasteiger partial charge is 0.478 e. The Morgan fingerprint density at radius 1 is 0.562 bits per heavy atom. The van der Waals surface area contributed by atoms with Gasteiger partial charge in [0.1, 0.15) is 0 Å². The molecule has 0 bridgehead atoms. The highest BCUT2D eigenvalue weighted by molar-refractivity contribution is 6.66. The van der Waals surface area contributed by atoms with Gasteiger partial charge in [0.25, 0.3) is 0 Å². The van der Waals surface area contributed by atoms with Crippen LogP contribution in [0.1, 0.15) is 142 Å². The molecule has 0 aromatic heterocycles. The molecule has 0 radical (unpaired) electrons. The fourth-order valence-corrected chi connectivity index (χ4v) is 3.59. The van der Waals surface area contributed by atoms with E-state index in [1.165, 1.54) is 121 Å². The first-order valence-corrected chi connectivity index (χ1v) is 13.7. The topological polar surface area (TPSA) is 54.4 Å². The van der Waals surface area contributed by atoms with Gasteiger partial charge < -0.3 is 5.11 Å². The van der Waals surface area contributed by atoms with E-state index in [4.69, 9.17) is 16.7 Å². The van der Waals surface area contributed by atoms with E-state index in [1.807, 2.05) is 6.08 Å². The zero-order chi connectivity index (χ0) is 24.1. The number of carboxylic acids is 1. The van der Waals surface area contributed by atoms with Crippen molar-refractivity contribution in [1.29, 1.82) is 0 Å². The summed E-state index contributed by atoms with van der Waals surface area (Å²) in [7, 11) is 0. The Labute approximate surface area is 204 Å². The van der Waals surface area contributed by atoms with E-state index < -0.39 is 5.97 Å². The number of aliphatic carboxylic acids is 1. The highest BCUT2D eigenvalue weighted by atomic mass is 35.5. The van der Waals surface area contributed by atoms with Crippen LogP contribution in [0.4, 0.5) is 0 Å². The summed E-state index contributed by atoms with van der Waals surface area (Å²) in [6, 6.07) is 0. The van der Waals surface area contributed by atoms with Crippen molar-refractivity contribution in [2.75, 3.05) is 0 Å². The highest BCUT2D eigenvalue weighted by Crippen LogP contribution is 2.11. The van der Waals surface area contributed by atoms with Gasteiger partial charge in [-0.3, -0.25) is 4.79 Å². The summed E-state index contributed by atoms with van der Waals surface area (Å²) in [6.07, 6.45) is 32.1. The van der Waals surface area contributed by atoms with Crippen LogP contribution >= 0.6 is 11.6 Å². The van der Waals surface area contributed by atoms with Gasteiger partial charge in [-0.1, -0.05) is 129 Å². The van der Waals surface area contributed by atoms with Crippen molar-refractivity contribution in [1.82, 2.24) is 0 Å². The van der Waals surface area contributed by atoms with Crippen LogP contribution < -0.4 is 0 Å². The molecule has 3 nitrogen and oxygen atoms in total. The van der Waals surface area contributed by atoms with Crippen LogP contribution in [0.2, 0.25) is 0 Å². The molecule has 0 atom stereocenters. The zero-order valence-electron chi connectivity index (χ0n) is 21.1. The molecule has 188 valence electrons. The molecule has 0 spiro atoms. The van der Waals surface area contributed by atoms with Crippen molar-refractivity contribution in [3.63, 3.8) is 0 Å². The number of carboxylic acid groups (broad SMARTS) is 1. The van der Waals surface area contributed by atoms with Crippen LogP contribution in [0.25, 0.3) is 0 Å². The lowest BCUT2D eigenvalue weighted by molar-refractivity contribution is -0.131. The van der Waals surface area contributed by atoms with Crippen molar-refractivity contribution < 1.29 is 14.7 Å². The second-order valence-corrected chi connectivity index (χ2v) is 9.05. The Hall–Kier alpha value is -1.09. The van der Waals surface area contributed by atoms with Gasteiger partial charge in [0.05, 0.1) is 0 Å². The van der Waals surface area contributed by atoms with Crippen molar-refractivity contribution in [3.8, 4) is 0 Å². The lowest BCUT2D eigenvalue weighted by atomic mass is 10.1. The molecule has 0 aromatic carbocycles. The van der Waals surface area contributed by atoms with Gasteiger partial charge in [-0.2, -0.15) is 0 Å². The Morgan fingerprint density at radius 2 is 0.875 bits per heavy atom. The number of allylic oxidation sites excluding steroid dienone is 3. The molecular weight excluding hydrogens is 420 g/mol.